The smallest absolute Gasteiger partial charge is 0.223 e. The Morgan fingerprint density at radius 2 is 1.39 bits per heavy atom. The van der Waals surface area contributed by atoms with E-state index in [1.807, 2.05) is 0 Å². The second-order valence-electron chi connectivity index (χ2n) is 5.26. The standard InChI is InChI=1S/C15H14FNO4S2/c16-12-6-8-14(9-7-12)23(20,21)17-10-15(11-17)22(18,19)13-4-2-1-3-5-13/h1-9,15H,10-11H2. The van der Waals surface area contributed by atoms with Crippen LogP contribution in [0.25, 0.3) is 0 Å². The van der Waals surface area contributed by atoms with Gasteiger partial charge in [0.25, 0.3) is 0 Å². The van der Waals surface area contributed by atoms with Crippen molar-refractivity contribution in [3.8, 4) is 0 Å². The molecule has 0 radical (unpaired) electrons. The van der Waals surface area contributed by atoms with Crippen molar-refractivity contribution < 1.29 is 21.2 Å². The van der Waals surface area contributed by atoms with Gasteiger partial charge < -0.3 is 0 Å². The predicted molar refractivity (Wildman–Crippen MR) is 82.6 cm³/mol. The zero-order valence-electron chi connectivity index (χ0n) is 12.0. The van der Waals surface area contributed by atoms with Crippen molar-refractivity contribution in [1.29, 1.82) is 0 Å². The maximum absolute atomic E-state index is 12.9. The number of nitrogens with zero attached hydrogens (tertiary/aromatic N) is 1. The van der Waals surface area contributed by atoms with Crippen LogP contribution < -0.4 is 0 Å². The molecule has 1 heterocycles. The third-order valence-corrected chi connectivity index (χ3v) is 7.73. The predicted octanol–water partition coefficient (Wildman–Crippen LogP) is 1.67. The number of hydrogen-bond acceptors (Lipinski definition) is 4. The molecule has 0 atom stereocenters. The van der Waals surface area contributed by atoms with Crippen LogP contribution in [-0.4, -0.2) is 39.5 Å². The van der Waals surface area contributed by atoms with E-state index in [-0.39, 0.29) is 22.9 Å². The molecule has 0 aromatic heterocycles. The molecule has 2 aromatic carbocycles. The summed E-state index contributed by atoms with van der Waals surface area (Å²) < 4.78 is 63.5. The van der Waals surface area contributed by atoms with Crippen LogP contribution in [0.3, 0.4) is 0 Å². The molecule has 122 valence electrons. The van der Waals surface area contributed by atoms with Crippen molar-refractivity contribution in [1.82, 2.24) is 4.31 Å². The highest BCUT2D eigenvalue weighted by Crippen LogP contribution is 2.28. The van der Waals surface area contributed by atoms with E-state index in [9.17, 15) is 21.2 Å². The number of benzene rings is 2. The van der Waals surface area contributed by atoms with Gasteiger partial charge in [-0.15, -0.1) is 0 Å². The zero-order valence-corrected chi connectivity index (χ0v) is 13.6. The normalized spacial score (nSPS) is 16.9. The average molecular weight is 355 g/mol. The molecule has 1 fully saturated rings. The van der Waals surface area contributed by atoms with Gasteiger partial charge in [0.1, 0.15) is 5.82 Å². The van der Waals surface area contributed by atoms with Gasteiger partial charge in [0.15, 0.2) is 9.84 Å². The molecule has 0 bridgehead atoms. The van der Waals surface area contributed by atoms with E-state index in [4.69, 9.17) is 0 Å². The van der Waals surface area contributed by atoms with Crippen LogP contribution in [0.5, 0.6) is 0 Å². The summed E-state index contributed by atoms with van der Waals surface area (Å²) in [6, 6.07) is 12.4. The van der Waals surface area contributed by atoms with Gasteiger partial charge in [0, 0.05) is 13.1 Å². The quantitative estimate of drug-likeness (QED) is 0.836. The first-order valence-electron chi connectivity index (χ1n) is 6.86. The number of rotatable bonds is 4. The van der Waals surface area contributed by atoms with E-state index >= 15 is 0 Å². The molecule has 5 nitrogen and oxygen atoms in total. The molecule has 8 heteroatoms. The average Bonchev–Trinajstić information content (AvgIpc) is 2.46. The van der Waals surface area contributed by atoms with Gasteiger partial charge in [-0.1, -0.05) is 18.2 Å². The lowest BCUT2D eigenvalue weighted by molar-refractivity contribution is 0.309. The molecule has 0 aliphatic carbocycles. The highest BCUT2D eigenvalue weighted by molar-refractivity contribution is 7.92. The fraction of sp³-hybridized carbons (Fsp3) is 0.200. The molecule has 0 N–H and O–H groups in total. The number of hydrogen-bond donors (Lipinski definition) is 0. The molecule has 23 heavy (non-hydrogen) atoms. The van der Waals surface area contributed by atoms with Crippen LogP contribution in [0.2, 0.25) is 0 Å². The molecule has 2 aromatic rings. The zero-order chi connectivity index (χ0) is 16.7. The highest BCUT2D eigenvalue weighted by atomic mass is 32.2. The monoisotopic (exact) mass is 355 g/mol. The minimum absolute atomic E-state index is 0.0468. The Labute approximate surface area is 134 Å². The van der Waals surface area contributed by atoms with E-state index in [0.717, 1.165) is 16.4 Å². The van der Waals surface area contributed by atoms with Gasteiger partial charge in [-0.05, 0) is 36.4 Å². The minimum atomic E-state index is -3.79. The van der Waals surface area contributed by atoms with Crippen LogP contribution >= 0.6 is 0 Å². The SMILES string of the molecule is O=S(=O)(c1ccccc1)C1CN(S(=O)(=O)c2ccc(F)cc2)C1. The van der Waals surface area contributed by atoms with Crippen molar-refractivity contribution in [2.45, 2.75) is 15.0 Å². The molecule has 1 aliphatic heterocycles. The maximum Gasteiger partial charge on any atom is 0.243 e. The molecule has 0 spiro atoms. The lowest BCUT2D eigenvalue weighted by Crippen LogP contribution is -2.56. The Morgan fingerprint density at radius 3 is 1.96 bits per heavy atom. The largest absolute Gasteiger partial charge is 0.243 e. The fourth-order valence-corrected chi connectivity index (χ4v) is 5.74. The van der Waals surface area contributed by atoms with Gasteiger partial charge in [-0.3, -0.25) is 0 Å². The Hall–Kier alpha value is -1.77. The van der Waals surface area contributed by atoms with E-state index in [0.29, 0.717) is 0 Å². The van der Waals surface area contributed by atoms with Crippen LogP contribution in [0.1, 0.15) is 0 Å². The van der Waals surface area contributed by atoms with E-state index < -0.39 is 30.9 Å². The summed E-state index contributed by atoms with van der Waals surface area (Å²) in [5.41, 5.74) is 0. The van der Waals surface area contributed by atoms with E-state index in [1.165, 1.54) is 24.3 Å². The first-order valence-corrected chi connectivity index (χ1v) is 9.85. The molecular weight excluding hydrogens is 341 g/mol. The number of sulfonamides is 1. The van der Waals surface area contributed by atoms with Gasteiger partial charge in [-0.25, -0.2) is 21.2 Å². The third-order valence-electron chi connectivity index (χ3n) is 3.78. The first kappa shape index (κ1) is 16.1. The summed E-state index contributed by atoms with van der Waals surface area (Å²) in [5.74, 6) is -0.530. The highest BCUT2D eigenvalue weighted by Gasteiger charge is 2.44. The number of halogens is 1. The Balaban J connectivity index is 1.77. The van der Waals surface area contributed by atoms with Crippen molar-refractivity contribution in [3.63, 3.8) is 0 Å². The van der Waals surface area contributed by atoms with Crippen LogP contribution in [0, 0.1) is 5.82 Å². The summed E-state index contributed by atoms with van der Waals surface area (Å²) in [5, 5.41) is -0.764. The Morgan fingerprint density at radius 1 is 0.826 bits per heavy atom. The van der Waals surface area contributed by atoms with Crippen LogP contribution in [0.4, 0.5) is 4.39 Å². The minimum Gasteiger partial charge on any atom is -0.223 e. The molecule has 3 rings (SSSR count). The van der Waals surface area contributed by atoms with Gasteiger partial charge in [0.05, 0.1) is 15.0 Å². The molecule has 1 saturated heterocycles. The second kappa shape index (κ2) is 5.70. The van der Waals surface area contributed by atoms with Crippen molar-refractivity contribution in [2.24, 2.45) is 0 Å². The molecule has 0 saturated carbocycles. The van der Waals surface area contributed by atoms with Crippen LogP contribution in [-0.2, 0) is 19.9 Å². The van der Waals surface area contributed by atoms with Crippen molar-refractivity contribution >= 4 is 19.9 Å². The molecule has 0 amide bonds. The van der Waals surface area contributed by atoms with E-state index in [2.05, 4.69) is 0 Å². The van der Waals surface area contributed by atoms with Gasteiger partial charge >= 0.3 is 0 Å². The van der Waals surface area contributed by atoms with Crippen molar-refractivity contribution in [3.05, 3.63) is 60.4 Å². The van der Waals surface area contributed by atoms with Gasteiger partial charge in [-0.2, -0.15) is 4.31 Å². The summed E-state index contributed by atoms with van der Waals surface area (Å²) >= 11 is 0. The summed E-state index contributed by atoms with van der Waals surface area (Å²) in [6.45, 7) is -0.201. The third kappa shape index (κ3) is 2.89. The number of sulfone groups is 1. The molecule has 0 unspecified atom stereocenters. The van der Waals surface area contributed by atoms with Gasteiger partial charge in [0.2, 0.25) is 10.0 Å². The lowest BCUT2D eigenvalue weighted by Gasteiger charge is -2.37. The lowest BCUT2D eigenvalue weighted by atomic mass is 10.3. The van der Waals surface area contributed by atoms with Crippen molar-refractivity contribution in [2.75, 3.05) is 13.1 Å². The summed E-state index contributed by atoms with van der Waals surface area (Å²) in [6.07, 6.45) is 0. The maximum atomic E-state index is 12.9. The topological polar surface area (TPSA) is 71.5 Å². The fourth-order valence-electron chi connectivity index (χ4n) is 2.35. The summed E-state index contributed by atoms with van der Waals surface area (Å²) in [7, 11) is -7.34. The second-order valence-corrected chi connectivity index (χ2v) is 9.42. The Kier molecular flexibility index (Phi) is 3.99. The first-order chi connectivity index (χ1) is 10.8. The Bertz CT molecular complexity index is 904. The molecule has 1 aliphatic rings. The summed E-state index contributed by atoms with van der Waals surface area (Å²) in [4.78, 5) is 0.137. The van der Waals surface area contributed by atoms with E-state index in [1.54, 1.807) is 18.2 Å². The molecular formula is C15H14FNO4S2. The van der Waals surface area contributed by atoms with Crippen LogP contribution in [0.15, 0.2) is 64.4 Å².